The Morgan fingerprint density at radius 1 is 1.23 bits per heavy atom. The molecule has 0 aromatic carbocycles. The number of ether oxygens (including phenoxy) is 1. The third kappa shape index (κ3) is 5.90. The van der Waals surface area contributed by atoms with Crippen LogP contribution in [0.4, 0.5) is 5.82 Å². The molecule has 0 saturated carbocycles. The van der Waals surface area contributed by atoms with Gasteiger partial charge in [0.05, 0.1) is 19.0 Å². The molecule has 0 radical (unpaired) electrons. The van der Waals surface area contributed by atoms with Gasteiger partial charge >= 0.3 is 23.1 Å². The monoisotopic (exact) mass is 479 g/mol. The van der Waals surface area contributed by atoms with E-state index in [0.29, 0.717) is 18.7 Å². The number of hydrogen-bond donors (Lipinski definition) is 0. The molecular weight excluding hydrogens is 446 g/mol. The van der Waals surface area contributed by atoms with Gasteiger partial charge in [-0.3, -0.25) is 4.57 Å². The summed E-state index contributed by atoms with van der Waals surface area (Å²) in [4.78, 5) is 15.5. The first-order valence-electron chi connectivity index (χ1n) is 10.5. The first kappa shape index (κ1) is 28.5. The second-order valence-corrected chi connectivity index (χ2v) is 14.0. The maximum atomic E-state index is 12.7. The Hall–Kier alpha value is -0.497. The van der Waals surface area contributed by atoms with Crippen molar-refractivity contribution in [1.29, 1.82) is 0 Å². The number of fused-ring (bicyclic) bond motifs is 1. The van der Waals surface area contributed by atoms with Crippen LogP contribution in [-0.2, 0) is 9.16 Å². The van der Waals surface area contributed by atoms with Gasteiger partial charge in [0.1, 0.15) is 12.6 Å². The van der Waals surface area contributed by atoms with E-state index in [4.69, 9.17) is 9.16 Å². The van der Waals surface area contributed by atoms with Crippen molar-refractivity contribution in [2.45, 2.75) is 77.6 Å². The van der Waals surface area contributed by atoms with Crippen LogP contribution in [0.3, 0.4) is 0 Å². The van der Waals surface area contributed by atoms with Gasteiger partial charge in [-0.15, -0.1) is 0 Å². The van der Waals surface area contributed by atoms with Crippen LogP contribution in [0.5, 0.6) is 0 Å². The Morgan fingerprint density at radius 3 is 2.45 bits per heavy atom. The molecule has 3 atom stereocenters. The number of aromatic nitrogens is 4. The number of nitrogens with zero attached hydrogens (tertiary/aromatic N) is 5. The van der Waals surface area contributed by atoms with Crippen LogP contribution >= 0.6 is 0 Å². The smallest absolute Gasteiger partial charge is 1.00 e. The van der Waals surface area contributed by atoms with Crippen LogP contribution in [0.25, 0.3) is 11.2 Å². The van der Waals surface area contributed by atoms with Gasteiger partial charge in [0.25, 0.3) is 0 Å². The summed E-state index contributed by atoms with van der Waals surface area (Å²) in [7, 11) is -1.93. The zero-order valence-electron chi connectivity index (χ0n) is 19.8. The van der Waals surface area contributed by atoms with Crippen molar-refractivity contribution in [1.82, 2.24) is 19.5 Å². The first-order valence-corrected chi connectivity index (χ1v) is 13.4. The Labute approximate surface area is 208 Å². The van der Waals surface area contributed by atoms with Crippen molar-refractivity contribution < 1.29 is 26.7 Å². The summed E-state index contributed by atoms with van der Waals surface area (Å²) in [5.41, 5.74) is 1.44. The summed E-state index contributed by atoms with van der Waals surface area (Å²) in [5, 5.41) is 12.8. The summed E-state index contributed by atoms with van der Waals surface area (Å²) in [6, 6.07) is 0. The molecule has 1 saturated heterocycles. The third-order valence-corrected chi connectivity index (χ3v) is 10.8. The summed E-state index contributed by atoms with van der Waals surface area (Å²) in [6.45, 7) is 17.1. The van der Waals surface area contributed by atoms with Crippen molar-refractivity contribution in [3.8, 4) is 0 Å². The van der Waals surface area contributed by atoms with Gasteiger partial charge in [-0.05, 0) is 38.4 Å². The predicted octanol–water partition coefficient (Wildman–Crippen LogP) is -0.666. The zero-order valence-corrected chi connectivity index (χ0v) is 22.9. The predicted molar refractivity (Wildman–Crippen MR) is 120 cm³/mol. The molecule has 2 aromatic heterocycles. The maximum absolute atomic E-state index is 12.7. The molecule has 170 valence electrons. The van der Waals surface area contributed by atoms with E-state index in [-0.39, 0.29) is 46.7 Å². The number of anilines is 1. The summed E-state index contributed by atoms with van der Waals surface area (Å²) in [5.74, 6) is 0.813. The van der Waals surface area contributed by atoms with Gasteiger partial charge < -0.3 is 31.6 Å². The second kappa shape index (κ2) is 11.1. The third-order valence-electron chi connectivity index (χ3n) is 6.31. The minimum Gasteiger partial charge on any atom is -1.00 e. The van der Waals surface area contributed by atoms with Crippen LogP contribution in [0.15, 0.2) is 12.7 Å². The van der Waals surface area contributed by atoms with Crippen LogP contribution < -0.4 is 22.4 Å². The van der Waals surface area contributed by atoms with Crippen molar-refractivity contribution in [2.24, 2.45) is 0 Å². The Bertz CT molecular complexity index is 844. The fourth-order valence-corrected chi connectivity index (χ4v) is 4.35. The van der Waals surface area contributed by atoms with Gasteiger partial charge in [0.2, 0.25) is 0 Å². The van der Waals surface area contributed by atoms with E-state index in [1.807, 2.05) is 4.57 Å². The van der Waals surface area contributed by atoms with Crippen LogP contribution in [-0.4, -0.2) is 82.8 Å². The van der Waals surface area contributed by atoms with Crippen LogP contribution in [0, 0.1) is 0 Å². The molecule has 31 heavy (non-hydrogen) atoms. The molecule has 0 spiro atoms. The van der Waals surface area contributed by atoms with Crippen molar-refractivity contribution in [3.05, 3.63) is 12.7 Å². The normalized spacial score (nSPS) is 21.6. The van der Waals surface area contributed by atoms with Crippen molar-refractivity contribution in [3.63, 3.8) is 0 Å². The van der Waals surface area contributed by atoms with E-state index in [0.717, 1.165) is 24.4 Å². The first-order chi connectivity index (χ1) is 13.6. The molecule has 1 aliphatic rings. The molecule has 0 bridgehead atoms. The minimum atomic E-state index is -1.93. The van der Waals surface area contributed by atoms with E-state index in [2.05, 4.69) is 67.6 Å². The molecular formula is C20H34ClMgN5O3Si. The molecule has 1 aliphatic heterocycles. The summed E-state index contributed by atoms with van der Waals surface area (Å²) < 4.78 is 14.2. The molecule has 0 N–H and O–H groups in total. The molecule has 0 amide bonds. The summed E-state index contributed by atoms with van der Waals surface area (Å²) >= 11 is 0. The average Bonchev–Trinajstić information content (AvgIpc) is 3.24. The largest absolute Gasteiger partial charge is 2.00 e. The fraction of sp³-hybridized carbons (Fsp3) is 0.750. The van der Waals surface area contributed by atoms with Gasteiger partial charge in [0.15, 0.2) is 25.3 Å². The van der Waals surface area contributed by atoms with E-state index >= 15 is 0 Å². The number of halogens is 1. The number of imidazole rings is 1. The average molecular weight is 480 g/mol. The van der Waals surface area contributed by atoms with Crippen LogP contribution in [0.1, 0.15) is 47.3 Å². The van der Waals surface area contributed by atoms with Crippen molar-refractivity contribution in [2.75, 3.05) is 24.6 Å². The maximum Gasteiger partial charge on any atom is 2.00 e. The second-order valence-electron chi connectivity index (χ2n) is 9.17. The van der Waals surface area contributed by atoms with Crippen LogP contribution in [0.2, 0.25) is 18.1 Å². The van der Waals surface area contributed by atoms with E-state index < -0.39 is 20.5 Å². The number of hydrogen-bond acceptors (Lipinski definition) is 7. The van der Waals surface area contributed by atoms with E-state index in [9.17, 15) is 5.11 Å². The topological polar surface area (TPSA) is 88.4 Å². The van der Waals surface area contributed by atoms with Gasteiger partial charge in [-0.1, -0.05) is 26.9 Å². The SMILES string of the molecule is CCN(CC)c1ncnc2c1ncn2[C@H]1C[C@H]([O-])[C@@H](CO[Si](C)(C)C(C)(C)C)O1.[Cl-].[Mg+2]. The molecule has 0 aliphatic carbocycles. The van der Waals surface area contributed by atoms with Gasteiger partial charge in [0, 0.05) is 13.1 Å². The molecule has 1 fully saturated rings. The van der Waals surface area contributed by atoms with E-state index in [1.165, 1.54) is 0 Å². The van der Waals surface area contributed by atoms with E-state index in [1.54, 1.807) is 12.7 Å². The zero-order chi connectivity index (χ0) is 21.4. The summed E-state index contributed by atoms with van der Waals surface area (Å²) in [6.07, 6.45) is 1.97. The number of rotatable bonds is 7. The fourth-order valence-electron chi connectivity index (χ4n) is 3.33. The van der Waals surface area contributed by atoms with Gasteiger partial charge in [-0.25, -0.2) is 15.0 Å². The molecule has 2 aromatic rings. The Morgan fingerprint density at radius 2 is 1.87 bits per heavy atom. The molecule has 3 heterocycles. The minimum absolute atomic E-state index is 0. The molecule has 8 nitrogen and oxygen atoms in total. The van der Waals surface area contributed by atoms with Gasteiger partial charge in [-0.2, -0.15) is 0 Å². The quantitative estimate of drug-likeness (QED) is 0.486. The molecule has 0 unspecified atom stereocenters. The molecule has 11 heteroatoms. The van der Waals surface area contributed by atoms with Crippen molar-refractivity contribution >= 4 is 48.4 Å². The Kier molecular flexibility index (Phi) is 10.2. The standard InChI is InChI=1S/C20H34N5O3Si.ClH.Mg/c1-8-24(9-2)18-17-19(22-12-21-18)25(13-23-17)16-10-14(26)15(28-16)11-27-29(6,7)20(3,4)5;;/h12-16H,8-11H2,1-7H3;1H;/q-1;;+2/p-1/t14-,15+,16+;;/m0../s1. The Balaban J connectivity index is 0.00000240. The molecule has 3 rings (SSSR count).